The molecule has 27 heavy (non-hydrogen) atoms. The molecule has 1 aromatic carbocycles. The molecule has 1 saturated heterocycles. The van der Waals surface area contributed by atoms with Gasteiger partial charge in [0.15, 0.2) is 16.6 Å². The fourth-order valence-corrected chi connectivity index (χ4v) is 4.38. The Morgan fingerprint density at radius 1 is 1.19 bits per heavy atom. The number of nitrogens with zero attached hydrogens (tertiary/aromatic N) is 3. The summed E-state index contributed by atoms with van der Waals surface area (Å²) in [6.45, 7) is 7.14. The van der Waals surface area contributed by atoms with E-state index in [4.69, 9.17) is 9.47 Å². The Morgan fingerprint density at radius 2 is 1.93 bits per heavy atom. The van der Waals surface area contributed by atoms with Gasteiger partial charge in [-0.3, -0.25) is 9.69 Å². The molecule has 0 saturated carbocycles. The summed E-state index contributed by atoms with van der Waals surface area (Å²) in [4.78, 5) is 21.5. The van der Waals surface area contributed by atoms with Gasteiger partial charge in [0.25, 0.3) is 5.91 Å². The van der Waals surface area contributed by atoms with Crippen LogP contribution in [0.3, 0.4) is 0 Å². The predicted molar refractivity (Wildman–Crippen MR) is 105 cm³/mol. The van der Waals surface area contributed by atoms with Crippen LogP contribution in [-0.2, 0) is 0 Å². The summed E-state index contributed by atoms with van der Waals surface area (Å²) < 4.78 is 11.3. The first kappa shape index (κ1) is 18.1. The molecular weight excluding hydrogens is 364 g/mol. The van der Waals surface area contributed by atoms with E-state index in [1.165, 1.54) is 16.9 Å². The largest absolute Gasteiger partial charge is 0.486 e. The second-order valence-corrected chi connectivity index (χ2v) is 7.70. The summed E-state index contributed by atoms with van der Waals surface area (Å²) in [7, 11) is 1.64. The maximum absolute atomic E-state index is 11.7. The lowest BCUT2D eigenvalue weighted by atomic mass is 10.1. The summed E-state index contributed by atoms with van der Waals surface area (Å²) in [5.74, 6) is 1.59. The number of hydrogen-bond donors (Lipinski definition) is 1. The van der Waals surface area contributed by atoms with Gasteiger partial charge in [-0.2, -0.15) is 0 Å². The number of carbonyl (C=O) groups is 1. The molecular formula is C19H24N4O3S. The molecule has 2 aromatic rings. The summed E-state index contributed by atoms with van der Waals surface area (Å²) in [6, 6.07) is 6.54. The molecule has 7 nitrogen and oxygen atoms in total. The zero-order valence-electron chi connectivity index (χ0n) is 15.6. The number of benzene rings is 1. The second-order valence-electron chi connectivity index (χ2n) is 6.69. The van der Waals surface area contributed by atoms with Gasteiger partial charge in [0.05, 0.1) is 6.20 Å². The lowest BCUT2D eigenvalue weighted by Gasteiger charge is -2.38. The lowest BCUT2D eigenvalue weighted by molar-refractivity contribution is 0.0967. The van der Waals surface area contributed by atoms with Crippen molar-refractivity contribution < 1.29 is 14.3 Å². The third kappa shape index (κ3) is 3.72. The monoisotopic (exact) mass is 388 g/mol. The second kappa shape index (κ2) is 7.74. The van der Waals surface area contributed by atoms with Crippen LogP contribution in [0.25, 0.3) is 0 Å². The number of anilines is 1. The van der Waals surface area contributed by atoms with Crippen LogP contribution in [0, 0.1) is 0 Å². The van der Waals surface area contributed by atoms with Gasteiger partial charge in [0.2, 0.25) is 0 Å². The van der Waals surface area contributed by atoms with Crippen LogP contribution in [0.5, 0.6) is 11.5 Å². The van der Waals surface area contributed by atoms with E-state index >= 15 is 0 Å². The number of carbonyl (C=O) groups excluding carboxylic acids is 1. The van der Waals surface area contributed by atoms with Crippen LogP contribution in [0.4, 0.5) is 5.13 Å². The van der Waals surface area contributed by atoms with E-state index in [9.17, 15) is 4.79 Å². The molecule has 3 heterocycles. The number of aromatic nitrogens is 1. The summed E-state index contributed by atoms with van der Waals surface area (Å²) in [5, 5.41) is 3.56. The highest BCUT2D eigenvalue weighted by Gasteiger charge is 2.25. The van der Waals surface area contributed by atoms with E-state index in [2.05, 4.69) is 39.2 Å². The summed E-state index contributed by atoms with van der Waals surface area (Å²) in [6.07, 6.45) is 1.66. The Balaban J connectivity index is 1.38. The van der Waals surface area contributed by atoms with Crippen molar-refractivity contribution in [3.8, 4) is 11.5 Å². The highest BCUT2D eigenvalue weighted by molar-refractivity contribution is 7.17. The quantitative estimate of drug-likeness (QED) is 0.866. The highest BCUT2D eigenvalue weighted by Crippen LogP contribution is 2.34. The molecule has 1 amide bonds. The van der Waals surface area contributed by atoms with Crippen molar-refractivity contribution in [3.05, 3.63) is 34.8 Å². The van der Waals surface area contributed by atoms with E-state index in [0.717, 1.165) is 42.8 Å². The molecule has 144 valence electrons. The van der Waals surface area contributed by atoms with Gasteiger partial charge in [-0.25, -0.2) is 4.98 Å². The van der Waals surface area contributed by atoms with E-state index in [1.807, 2.05) is 6.07 Å². The molecule has 0 radical (unpaired) electrons. The van der Waals surface area contributed by atoms with Crippen LogP contribution in [0.2, 0.25) is 0 Å². The van der Waals surface area contributed by atoms with Gasteiger partial charge in [0, 0.05) is 39.3 Å². The normalized spacial score (nSPS) is 18.2. The smallest absolute Gasteiger partial charge is 0.262 e. The predicted octanol–water partition coefficient (Wildman–Crippen LogP) is 2.16. The number of fused-ring (bicyclic) bond motifs is 1. The molecule has 0 unspecified atom stereocenters. The minimum atomic E-state index is -0.0791. The molecule has 1 fully saturated rings. The molecule has 2 aliphatic heterocycles. The molecule has 1 atom stereocenters. The Hall–Kier alpha value is -2.32. The van der Waals surface area contributed by atoms with Gasteiger partial charge in [-0.05, 0) is 24.6 Å². The van der Waals surface area contributed by atoms with E-state index < -0.39 is 0 Å². The summed E-state index contributed by atoms with van der Waals surface area (Å²) >= 11 is 1.45. The first-order valence-corrected chi connectivity index (χ1v) is 10.0. The van der Waals surface area contributed by atoms with E-state index in [0.29, 0.717) is 24.1 Å². The van der Waals surface area contributed by atoms with E-state index in [1.54, 1.807) is 13.2 Å². The van der Waals surface area contributed by atoms with E-state index in [-0.39, 0.29) is 5.91 Å². The standard InChI is InChI=1S/C19H24N4O3S/c1-13(14-3-4-15-16(11-14)26-10-9-25-15)22-5-7-23(8-6-22)19-21-12-17(27-19)18(24)20-2/h3-4,11-13H,5-10H2,1-2H3,(H,20,24)/t13-/m0/s1. The molecule has 2 aliphatic rings. The highest BCUT2D eigenvalue weighted by atomic mass is 32.1. The van der Waals surface area contributed by atoms with Crippen molar-refractivity contribution in [2.45, 2.75) is 13.0 Å². The first-order valence-electron chi connectivity index (χ1n) is 9.22. The molecule has 0 spiro atoms. The van der Waals surface area contributed by atoms with Gasteiger partial charge in [-0.15, -0.1) is 0 Å². The zero-order valence-corrected chi connectivity index (χ0v) is 16.4. The molecule has 8 heteroatoms. The number of piperazine rings is 1. The van der Waals surface area contributed by atoms with Crippen LogP contribution in [-0.4, -0.2) is 62.2 Å². The number of amides is 1. The van der Waals surface area contributed by atoms with Crippen molar-refractivity contribution in [1.29, 1.82) is 0 Å². The van der Waals surface area contributed by atoms with Crippen LogP contribution < -0.4 is 19.7 Å². The van der Waals surface area contributed by atoms with Gasteiger partial charge >= 0.3 is 0 Å². The van der Waals surface area contributed by atoms with Crippen LogP contribution in [0.15, 0.2) is 24.4 Å². The first-order chi connectivity index (χ1) is 13.2. The number of nitrogens with one attached hydrogen (secondary N) is 1. The molecule has 1 aromatic heterocycles. The fraction of sp³-hybridized carbons (Fsp3) is 0.474. The third-order valence-electron chi connectivity index (χ3n) is 5.13. The maximum atomic E-state index is 11.7. The Labute approximate surface area is 162 Å². The Morgan fingerprint density at radius 3 is 2.67 bits per heavy atom. The lowest BCUT2D eigenvalue weighted by Crippen LogP contribution is -2.47. The van der Waals surface area contributed by atoms with Crippen molar-refractivity contribution in [3.63, 3.8) is 0 Å². The minimum absolute atomic E-state index is 0.0791. The topological polar surface area (TPSA) is 66.9 Å². The number of ether oxygens (including phenoxy) is 2. The van der Waals surface area contributed by atoms with Gasteiger partial charge in [-0.1, -0.05) is 17.4 Å². The average Bonchev–Trinajstić information content (AvgIpc) is 3.22. The van der Waals surface area contributed by atoms with Gasteiger partial charge < -0.3 is 19.7 Å². The fourth-order valence-electron chi connectivity index (χ4n) is 3.47. The number of hydrogen-bond acceptors (Lipinski definition) is 7. The summed E-state index contributed by atoms with van der Waals surface area (Å²) in [5.41, 5.74) is 1.24. The van der Waals surface area contributed by atoms with Crippen molar-refractivity contribution in [2.24, 2.45) is 0 Å². The number of rotatable bonds is 4. The van der Waals surface area contributed by atoms with Crippen molar-refractivity contribution >= 4 is 22.4 Å². The maximum Gasteiger partial charge on any atom is 0.262 e. The zero-order chi connectivity index (χ0) is 18.8. The third-order valence-corrected chi connectivity index (χ3v) is 6.18. The van der Waals surface area contributed by atoms with Gasteiger partial charge in [0.1, 0.15) is 18.1 Å². The molecule has 1 N–H and O–H groups in total. The SMILES string of the molecule is CNC(=O)c1cnc(N2CCN([C@@H](C)c3ccc4c(c3)OCCO4)CC2)s1. The minimum Gasteiger partial charge on any atom is -0.486 e. The van der Waals surface area contributed by atoms with Crippen molar-refractivity contribution in [2.75, 3.05) is 51.3 Å². The molecule has 0 aliphatic carbocycles. The molecule has 4 rings (SSSR count). The average molecular weight is 388 g/mol. The van der Waals surface area contributed by atoms with Crippen LogP contribution >= 0.6 is 11.3 Å². The Kier molecular flexibility index (Phi) is 5.18. The number of thiazole rings is 1. The van der Waals surface area contributed by atoms with Crippen LogP contribution in [0.1, 0.15) is 28.2 Å². The Bertz CT molecular complexity index is 817. The molecule has 0 bridgehead atoms. The van der Waals surface area contributed by atoms with Crippen molar-refractivity contribution in [1.82, 2.24) is 15.2 Å².